The van der Waals surface area contributed by atoms with E-state index in [1.807, 2.05) is 18.2 Å². The second kappa shape index (κ2) is 15.8. The molecule has 0 radical (unpaired) electrons. The van der Waals surface area contributed by atoms with Crippen LogP contribution in [0.3, 0.4) is 0 Å². The lowest BCUT2D eigenvalue weighted by atomic mass is 10.2. The third kappa shape index (κ3) is 9.36. The summed E-state index contributed by atoms with van der Waals surface area (Å²) in [5.74, 6) is 4.64. The summed E-state index contributed by atoms with van der Waals surface area (Å²) in [6, 6.07) is 17.9. The summed E-state index contributed by atoms with van der Waals surface area (Å²) in [5, 5.41) is 14.8. The van der Waals surface area contributed by atoms with Gasteiger partial charge >= 0.3 is 5.69 Å². The van der Waals surface area contributed by atoms with Crippen molar-refractivity contribution >= 4 is 29.1 Å². The number of quaternary nitrogens is 2. The molecule has 12 heteroatoms. The van der Waals surface area contributed by atoms with Crippen molar-refractivity contribution in [2.45, 2.75) is 18.8 Å². The van der Waals surface area contributed by atoms with E-state index < -0.39 is 0 Å². The zero-order chi connectivity index (χ0) is 25.3. The third-order valence-corrected chi connectivity index (χ3v) is 7.16. The fourth-order valence-electron chi connectivity index (χ4n) is 4.37. The molecule has 1 aliphatic rings. The molecule has 0 bridgehead atoms. The molecule has 0 spiro atoms. The predicted octanol–water partition coefficient (Wildman–Crippen LogP) is -4.51. The molecule has 1 aromatic carbocycles. The van der Waals surface area contributed by atoms with E-state index in [0.29, 0.717) is 12.4 Å². The van der Waals surface area contributed by atoms with Gasteiger partial charge < -0.3 is 49.2 Å². The van der Waals surface area contributed by atoms with Gasteiger partial charge in [-0.2, -0.15) is 11.8 Å². The van der Waals surface area contributed by atoms with Crippen molar-refractivity contribution in [2.24, 2.45) is 0 Å². The molecule has 208 valence electrons. The minimum Gasteiger partial charge on any atom is -1.00 e. The molecule has 3 N–H and O–H groups in total. The number of furan rings is 1. The van der Waals surface area contributed by atoms with Crippen molar-refractivity contribution in [3.8, 4) is 0 Å². The average Bonchev–Trinajstić information content (AvgIpc) is 3.31. The van der Waals surface area contributed by atoms with Crippen LogP contribution in [-0.4, -0.2) is 62.5 Å². The SMILES string of the molecule is C[NH+](C)Cc1ccc(CSCCNc2nc(N3CC[NH+](Cc4ccccc4)CC3)ccc2[N+](=O)[O-])o1.[Cl-].[Cl-]. The lowest BCUT2D eigenvalue weighted by Crippen LogP contribution is -3.13. The van der Waals surface area contributed by atoms with Crippen LogP contribution >= 0.6 is 11.8 Å². The normalized spacial score (nSPS) is 13.6. The zero-order valence-electron chi connectivity index (χ0n) is 21.8. The smallest absolute Gasteiger partial charge is 0.311 e. The lowest BCUT2D eigenvalue weighted by molar-refractivity contribution is -0.914. The molecule has 0 unspecified atom stereocenters. The highest BCUT2D eigenvalue weighted by atomic mass is 35.5. The second-order valence-corrected chi connectivity index (χ2v) is 10.5. The topological polar surface area (TPSA) is 93.3 Å². The molecule has 0 aliphatic carbocycles. The number of aromatic nitrogens is 1. The standard InChI is InChI=1S/C26H34N6O3S.2ClH/c1-29(2)19-22-8-9-23(35-22)20-36-17-12-27-26-24(32(33)34)10-11-25(28-26)31-15-13-30(14-16-31)18-21-6-4-3-5-7-21;;/h3-11H,12-20H2,1-2H3,(H,27,28);2*1H. The van der Waals surface area contributed by atoms with Gasteiger partial charge in [0.1, 0.15) is 24.7 Å². The maximum Gasteiger partial charge on any atom is 0.311 e. The molecule has 1 saturated heterocycles. The first kappa shape index (κ1) is 31.7. The summed E-state index contributed by atoms with van der Waals surface area (Å²) >= 11 is 1.73. The van der Waals surface area contributed by atoms with Crippen LogP contribution in [0.1, 0.15) is 17.1 Å². The van der Waals surface area contributed by atoms with Gasteiger partial charge in [-0.1, -0.05) is 30.3 Å². The minimum absolute atomic E-state index is 0. The molecule has 0 atom stereocenters. The van der Waals surface area contributed by atoms with Gasteiger partial charge in [-0.25, -0.2) is 4.98 Å². The van der Waals surface area contributed by atoms with Crippen LogP contribution in [0.5, 0.6) is 0 Å². The van der Waals surface area contributed by atoms with Gasteiger partial charge in [-0.05, 0) is 18.2 Å². The van der Waals surface area contributed by atoms with Gasteiger partial charge in [-0.3, -0.25) is 10.1 Å². The van der Waals surface area contributed by atoms with Crippen LogP contribution in [0.25, 0.3) is 0 Å². The number of nitrogens with zero attached hydrogens (tertiary/aromatic N) is 3. The van der Waals surface area contributed by atoms with E-state index in [0.717, 1.165) is 68.1 Å². The van der Waals surface area contributed by atoms with E-state index in [-0.39, 0.29) is 35.4 Å². The first-order valence-corrected chi connectivity index (χ1v) is 13.6. The minimum atomic E-state index is -0.370. The average molecular weight is 584 g/mol. The molecule has 0 amide bonds. The summed E-state index contributed by atoms with van der Waals surface area (Å²) in [7, 11) is 4.19. The van der Waals surface area contributed by atoms with Crippen molar-refractivity contribution in [3.63, 3.8) is 0 Å². The number of hydrogen-bond donors (Lipinski definition) is 3. The lowest BCUT2D eigenvalue weighted by Gasteiger charge is -2.33. The van der Waals surface area contributed by atoms with E-state index in [2.05, 4.69) is 53.6 Å². The molecule has 2 aromatic heterocycles. The first-order valence-electron chi connectivity index (χ1n) is 12.4. The number of halogens is 2. The molecule has 38 heavy (non-hydrogen) atoms. The number of pyridine rings is 1. The number of benzene rings is 1. The number of nitrogens with one attached hydrogen (secondary N) is 3. The first-order chi connectivity index (χ1) is 17.5. The van der Waals surface area contributed by atoms with E-state index in [4.69, 9.17) is 4.42 Å². The monoisotopic (exact) mass is 582 g/mol. The molecule has 3 aromatic rings. The Bertz CT molecular complexity index is 1130. The third-order valence-electron chi connectivity index (χ3n) is 6.18. The van der Waals surface area contributed by atoms with E-state index in [1.54, 1.807) is 28.8 Å². The Labute approximate surface area is 240 Å². The highest BCUT2D eigenvalue weighted by molar-refractivity contribution is 7.98. The number of piperazine rings is 1. The van der Waals surface area contributed by atoms with Gasteiger partial charge in [-0.15, -0.1) is 0 Å². The van der Waals surface area contributed by atoms with Crippen LogP contribution in [0, 0.1) is 10.1 Å². The Morgan fingerprint density at radius 2 is 1.79 bits per heavy atom. The van der Waals surface area contributed by atoms with Crippen molar-refractivity contribution in [1.29, 1.82) is 0 Å². The summed E-state index contributed by atoms with van der Waals surface area (Å²) in [4.78, 5) is 20.9. The second-order valence-electron chi connectivity index (χ2n) is 9.42. The van der Waals surface area contributed by atoms with Crippen LogP contribution < -0.4 is 44.8 Å². The van der Waals surface area contributed by atoms with E-state index >= 15 is 0 Å². The van der Waals surface area contributed by atoms with Crippen LogP contribution in [0.4, 0.5) is 17.3 Å². The van der Waals surface area contributed by atoms with Crippen LogP contribution in [-0.2, 0) is 18.8 Å². The zero-order valence-corrected chi connectivity index (χ0v) is 24.1. The molecular weight excluding hydrogens is 547 g/mol. The predicted molar refractivity (Wildman–Crippen MR) is 144 cm³/mol. The summed E-state index contributed by atoms with van der Waals surface area (Å²) in [6.45, 7) is 6.25. The quantitative estimate of drug-likeness (QED) is 0.113. The summed E-state index contributed by atoms with van der Waals surface area (Å²) in [6.07, 6.45) is 0. The Morgan fingerprint density at radius 1 is 1.08 bits per heavy atom. The highest BCUT2D eigenvalue weighted by Crippen LogP contribution is 2.26. The molecular formula is C26H36Cl2N6O3S. The van der Waals surface area contributed by atoms with E-state index in [9.17, 15) is 10.1 Å². The van der Waals surface area contributed by atoms with Crippen molar-refractivity contribution in [1.82, 2.24) is 4.98 Å². The van der Waals surface area contributed by atoms with Gasteiger partial charge in [0, 0.05) is 23.9 Å². The van der Waals surface area contributed by atoms with Gasteiger partial charge in [0.05, 0.1) is 51.0 Å². The largest absolute Gasteiger partial charge is 1.00 e. The number of nitro groups is 1. The van der Waals surface area contributed by atoms with Crippen LogP contribution in [0.15, 0.2) is 59.0 Å². The number of hydrogen-bond acceptors (Lipinski definition) is 7. The van der Waals surface area contributed by atoms with Gasteiger partial charge in [0.2, 0.25) is 5.82 Å². The maximum atomic E-state index is 11.6. The fraction of sp³-hybridized carbons (Fsp3) is 0.423. The van der Waals surface area contributed by atoms with Gasteiger partial charge in [0.15, 0.2) is 5.76 Å². The maximum absolute atomic E-state index is 11.6. The molecule has 3 heterocycles. The highest BCUT2D eigenvalue weighted by Gasteiger charge is 2.23. The van der Waals surface area contributed by atoms with Crippen LogP contribution in [0.2, 0.25) is 0 Å². The number of rotatable bonds is 12. The molecule has 0 saturated carbocycles. The Morgan fingerprint density at radius 3 is 2.47 bits per heavy atom. The van der Waals surface area contributed by atoms with Crippen molar-refractivity contribution < 1.29 is 44.0 Å². The summed E-state index contributed by atoms with van der Waals surface area (Å²) < 4.78 is 5.86. The molecule has 1 fully saturated rings. The van der Waals surface area contributed by atoms with E-state index in [1.165, 1.54) is 10.5 Å². The molecule has 4 rings (SSSR count). The summed E-state index contributed by atoms with van der Waals surface area (Å²) in [5.41, 5.74) is 1.36. The number of anilines is 2. The van der Waals surface area contributed by atoms with Gasteiger partial charge in [0.25, 0.3) is 0 Å². The molecule has 1 aliphatic heterocycles. The molecule has 9 nitrogen and oxygen atoms in total. The van der Waals surface area contributed by atoms with Crippen molar-refractivity contribution in [2.75, 3.05) is 62.8 Å². The number of thioether (sulfide) groups is 1. The Balaban J connectivity index is 0.00000253. The Kier molecular flexibility index (Phi) is 13.2. The fourth-order valence-corrected chi connectivity index (χ4v) is 5.11. The Hall–Kier alpha value is -2.50. The van der Waals surface area contributed by atoms with Crippen molar-refractivity contribution in [3.05, 3.63) is 81.8 Å².